The molecule has 3 atom stereocenters. The fourth-order valence-corrected chi connectivity index (χ4v) is 3.56. The number of amides is 4. The fraction of sp³-hybridized carbons (Fsp3) is 0.810. The summed E-state index contributed by atoms with van der Waals surface area (Å²) < 4.78 is 5.14. The van der Waals surface area contributed by atoms with Crippen LogP contribution in [-0.2, 0) is 19.1 Å². The number of nitrogens with zero attached hydrogens (tertiary/aromatic N) is 1. The van der Waals surface area contributed by atoms with Crippen molar-refractivity contribution >= 4 is 23.8 Å². The van der Waals surface area contributed by atoms with Crippen LogP contribution in [0.5, 0.6) is 0 Å². The number of carbonyl (C=O) groups is 4. The van der Waals surface area contributed by atoms with Gasteiger partial charge in [0, 0.05) is 6.54 Å². The van der Waals surface area contributed by atoms with Crippen molar-refractivity contribution in [2.45, 2.75) is 83.8 Å². The topological polar surface area (TPSA) is 157 Å². The molecule has 1 aliphatic heterocycles. The standard InChI is InChI=1S/C21H39N5O5/c1-4-5-13-31-21(30)24-15(9-6-7-11-22)20(29)26-12-8-10-16(26)19(28)25-17(14(2)3)18(23)27/h14-17H,4-13,22H2,1-3H3,(H2,23,27)(H,24,30)(H,25,28). The third-order valence-corrected chi connectivity index (χ3v) is 5.38. The van der Waals surface area contributed by atoms with Crippen molar-refractivity contribution in [1.82, 2.24) is 15.5 Å². The highest BCUT2D eigenvalue weighted by molar-refractivity contribution is 5.94. The SMILES string of the molecule is CCCCOC(=O)NC(CCCCN)C(=O)N1CCCC1C(=O)NC(C(N)=O)C(C)C. The van der Waals surface area contributed by atoms with E-state index in [1.165, 1.54) is 4.90 Å². The number of rotatable bonds is 13. The summed E-state index contributed by atoms with van der Waals surface area (Å²) in [7, 11) is 0. The van der Waals surface area contributed by atoms with Gasteiger partial charge in [-0.05, 0) is 51.0 Å². The molecule has 1 heterocycles. The van der Waals surface area contributed by atoms with Gasteiger partial charge in [0.25, 0.3) is 0 Å². The number of hydrogen-bond acceptors (Lipinski definition) is 6. The van der Waals surface area contributed by atoms with Crippen LogP contribution in [0.2, 0.25) is 0 Å². The molecule has 0 aliphatic carbocycles. The molecule has 0 aromatic carbocycles. The lowest BCUT2D eigenvalue weighted by Gasteiger charge is -2.30. The number of carbonyl (C=O) groups excluding carboxylic acids is 4. The number of unbranched alkanes of at least 4 members (excludes halogenated alkanes) is 2. The van der Waals surface area contributed by atoms with E-state index in [1.54, 1.807) is 13.8 Å². The van der Waals surface area contributed by atoms with E-state index in [9.17, 15) is 19.2 Å². The van der Waals surface area contributed by atoms with E-state index in [0.29, 0.717) is 38.8 Å². The van der Waals surface area contributed by atoms with Crippen molar-refractivity contribution in [2.24, 2.45) is 17.4 Å². The number of nitrogens with one attached hydrogen (secondary N) is 2. The van der Waals surface area contributed by atoms with Crippen LogP contribution in [-0.4, -0.2) is 66.5 Å². The number of nitrogens with two attached hydrogens (primary N) is 2. The van der Waals surface area contributed by atoms with Gasteiger partial charge in [-0.1, -0.05) is 27.2 Å². The average molecular weight is 442 g/mol. The van der Waals surface area contributed by atoms with E-state index in [-0.39, 0.29) is 18.4 Å². The van der Waals surface area contributed by atoms with Crippen molar-refractivity contribution in [2.75, 3.05) is 19.7 Å². The zero-order valence-electron chi connectivity index (χ0n) is 19.0. The van der Waals surface area contributed by atoms with E-state index >= 15 is 0 Å². The Morgan fingerprint density at radius 3 is 2.42 bits per heavy atom. The van der Waals surface area contributed by atoms with Crippen molar-refractivity contribution in [3.05, 3.63) is 0 Å². The molecule has 4 amide bonds. The number of primary amides is 1. The number of ether oxygens (including phenoxy) is 1. The van der Waals surface area contributed by atoms with Crippen LogP contribution in [0.15, 0.2) is 0 Å². The molecule has 0 radical (unpaired) electrons. The van der Waals surface area contributed by atoms with Crippen molar-refractivity contribution < 1.29 is 23.9 Å². The minimum atomic E-state index is -0.808. The van der Waals surface area contributed by atoms with Gasteiger partial charge >= 0.3 is 6.09 Å². The molecule has 10 heteroatoms. The van der Waals surface area contributed by atoms with Gasteiger partial charge in [-0.3, -0.25) is 14.4 Å². The molecule has 0 bridgehead atoms. The second-order valence-corrected chi connectivity index (χ2v) is 8.29. The Morgan fingerprint density at radius 2 is 1.84 bits per heavy atom. The summed E-state index contributed by atoms with van der Waals surface area (Å²) in [6, 6.07) is -2.31. The maximum absolute atomic E-state index is 13.2. The summed E-state index contributed by atoms with van der Waals surface area (Å²) in [5.74, 6) is -1.53. The van der Waals surface area contributed by atoms with E-state index in [4.69, 9.17) is 16.2 Å². The molecule has 10 nitrogen and oxygen atoms in total. The van der Waals surface area contributed by atoms with Gasteiger partial charge in [0.15, 0.2) is 0 Å². The Bertz CT molecular complexity index is 613. The predicted octanol–water partition coefficient (Wildman–Crippen LogP) is 0.627. The molecule has 0 aromatic rings. The molecule has 0 aromatic heterocycles. The van der Waals surface area contributed by atoms with Crippen LogP contribution in [0.3, 0.4) is 0 Å². The van der Waals surface area contributed by atoms with Crippen LogP contribution in [0.4, 0.5) is 4.79 Å². The lowest BCUT2D eigenvalue weighted by molar-refractivity contribution is -0.141. The molecule has 3 unspecified atom stereocenters. The molecule has 0 spiro atoms. The van der Waals surface area contributed by atoms with E-state index in [0.717, 1.165) is 19.3 Å². The zero-order valence-corrected chi connectivity index (χ0v) is 19.0. The monoisotopic (exact) mass is 441 g/mol. The summed E-state index contributed by atoms with van der Waals surface area (Å²) in [4.78, 5) is 51.3. The molecule has 0 saturated carbocycles. The Labute approximate surface area is 184 Å². The van der Waals surface area contributed by atoms with E-state index in [2.05, 4.69) is 10.6 Å². The summed E-state index contributed by atoms with van der Waals surface area (Å²) in [6.45, 7) is 6.73. The molecule has 1 rings (SSSR count). The minimum absolute atomic E-state index is 0.171. The number of alkyl carbamates (subject to hydrolysis) is 1. The van der Waals surface area contributed by atoms with Gasteiger partial charge in [-0.25, -0.2) is 4.79 Å². The molecular weight excluding hydrogens is 402 g/mol. The van der Waals surface area contributed by atoms with Crippen LogP contribution >= 0.6 is 0 Å². The summed E-state index contributed by atoms with van der Waals surface area (Å²) >= 11 is 0. The highest BCUT2D eigenvalue weighted by Gasteiger charge is 2.38. The van der Waals surface area contributed by atoms with Crippen molar-refractivity contribution in [3.8, 4) is 0 Å². The molecule has 1 aliphatic rings. The van der Waals surface area contributed by atoms with Crippen LogP contribution < -0.4 is 22.1 Å². The summed E-state index contributed by atoms with van der Waals surface area (Å²) in [6.07, 6.45) is 3.90. The quantitative estimate of drug-likeness (QED) is 0.307. The Hall–Kier alpha value is -2.36. The molecule has 178 valence electrons. The second-order valence-electron chi connectivity index (χ2n) is 8.29. The number of hydrogen-bond donors (Lipinski definition) is 4. The Kier molecular flexibility index (Phi) is 11.9. The Morgan fingerprint density at radius 1 is 1.13 bits per heavy atom. The Balaban J connectivity index is 2.85. The molecule has 6 N–H and O–H groups in total. The van der Waals surface area contributed by atoms with Gasteiger partial charge in [0.1, 0.15) is 18.1 Å². The van der Waals surface area contributed by atoms with Gasteiger partial charge in [-0.15, -0.1) is 0 Å². The summed E-state index contributed by atoms with van der Waals surface area (Å²) in [5, 5.41) is 5.32. The maximum Gasteiger partial charge on any atom is 0.407 e. The van der Waals surface area contributed by atoms with Crippen LogP contribution in [0.1, 0.15) is 65.7 Å². The normalized spacial score (nSPS) is 17.8. The molecule has 1 fully saturated rings. The van der Waals surface area contributed by atoms with Gasteiger partial charge in [-0.2, -0.15) is 0 Å². The van der Waals surface area contributed by atoms with Crippen molar-refractivity contribution in [1.29, 1.82) is 0 Å². The summed E-state index contributed by atoms with van der Waals surface area (Å²) in [5.41, 5.74) is 10.9. The van der Waals surface area contributed by atoms with E-state index < -0.39 is 36.0 Å². The van der Waals surface area contributed by atoms with Gasteiger partial charge < -0.3 is 31.7 Å². The smallest absolute Gasteiger partial charge is 0.407 e. The zero-order chi connectivity index (χ0) is 23.4. The lowest BCUT2D eigenvalue weighted by Crippen LogP contribution is -2.56. The van der Waals surface area contributed by atoms with Crippen molar-refractivity contribution in [3.63, 3.8) is 0 Å². The number of likely N-dealkylation sites (tertiary alicyclic amines) is 1. The fourth-order valence-electron chi connectivity index (χ4n) is 3.56. The van der Waals surface area contributed by atoms with Gasteiger partial charge in [0.05, 0.1) is 6.61 Å². The third-order valence-electron chi connectivity index (χ3n) is 5.38. The first kappa shape index (κ1) is 26.7. The highest BCUT2D eigenvalue weighted by Crippen LogP contribution is 2.20. The van der Waals surface area contributed by atoms with Gasteiger partial charge in [0.2, 0.25) is 17.7 Å². The first-order valence-corrected chi connectivity index (χ1v) is 11.3. The van der Waals surface area contributed by atoms with E-state index in [1.807, 2.05) is 6.92 Å². The molecular formula is C21H39N5O5. The average Bonchev–Trinajstić information content (AvgIpc) is 3.20. The largest absolute Gasteiger partial charge is 0.450 e. The van der Waals surface area contributed by atoms with Crippen LogP contribution in [0.25, 0.3) is 0 Å². The van der Waals surface area contributed by atoms with Crippen LogP contribution in [0, 0.1) is 5.92 Å². The maximum atomic E-state index is 13.2. The highest BCUT2D eigenvalue weighted by atomic mass is 16.5. The predicted molar refractivity (Wildman–Crippen MR) is 117 cm³/mol. The molecule has 31 heavy (non-hydrogen) atoms. The molecule has 1 saturated heterocycles. The minimum Gasteiger partial charge on any atom is -0.450 e. The first-order valence-electron chi connectivity index (χ1n) is 11.3. The third kappa shape index (κ3) is 8.72. The lowest BCUT2D eigenvalue weighted by atomic mass is 10.0. The second kappa shape index (κ2) is 13.8. The first-order chi connectivity index (χ1) is 14.7.